The second-order valence-electron chi connectivity index (χ2n) is 16.8. The molecule has 0 spiro atoms. The number of para-hydroxylation sites is 1. The summed E-state index contributed by atoms with van der Waals surface area (Å²) in [4.78, 5) is 5.08. The molecule has 0 saturated carbocycles. The van der Waals surface area contributed by atoms with Crippen LogP contribution in [0.2, 0.25) is 0 Å². The molecule has 61 heavy (non-hydrogen) atoms. The van der Waals surface area contributed by atoms with Crippen LogP contribution in [0.3, 0.4) is 0 Å². The van der Waals surface area contributed by atoms with Crippen molar-refractivity contribution in [2.24, 2.45) is 0 Å². The minimum absolute atomic E-state index is 0.127. The molecule has 1 aromatic heterocycles. The van der Waals surface area contributed by atoms with E-state index in [1.165, 1.54) is 98.2 Å². The lowest BCUT2D eigenvalue weighted by molar-refractivity contribution is 0.651. The predicted octanol–water partition coefficient (Wildman–Crippen LogP) is 13.7. The Morgan fingerprint density at radius 1 is 0.361 bits per heavy atom. The second kappa shape index (κ2) is 12.1. The monoisotopic (exact) mass is 774 g/mol. The molecule has 2 aliphatic heterocycles. The van der Waals surface area contributed by atoms with E-state index in [9.17, 15) is 0 Å². The van der Waals surface area contributed by atoms with Crippen molar-refractivity contribution in [3.05, 3.63) is 200 Å². The van der Waals surface area contributed by atoms with Crippen molar-refractivity contribution >= 4 is 133 Å². The fourth-order valence-electron chi connectivity index (χ4n) is 11.2. The minimum atomic E-state index is -0.127. The average Bonchev–Trinajstić information content (AvgIpc) is 3.69. The van der Waals surface area contributed by atoms with E-state index < -0.39 is 0 Å². The van der Waals surface area contributed by atoms with Crippen LogP contribution in [0.5, 0.6) is 0 Å². The molecule has 0 fully saturated rings. The highest BCUT2D eigenvalue weighted by Gasteiger charge is 2.47. The van der Waals surface area contributed by atoms with Gasteiger partial charge < -0.3 is 14.2 Å². The van der Waals surface area contributed by atoms with Crippen LogP contribution in [-0.4, -0.2) is 6.71 Å². The summed E-state index contributed by atoms with van der Waals surface area (Å²) in [5.41, 5.74) is 12.5. The third-order valence-electron chi connectivity index (χ3n) is 13.6. The van der Waals surface area contributed by atoms with Gasteiger partial charge in [0.2, 0.25) is 0 Å². The summed E-state index contributed by atoms with van der Waals surface area (Å²) in [6.45, 7) is 2.05. The first kappa shape index (κ1) is 33.1. The molecule has 0 N–H and O–H groups in total. The van der Waals surface area contributed by atoms with Crippen LogP contribution in [0, 0.1) is 6.92 Å². The summed E-state index contributed by atoms with van der Waals surface area (Å²) in [5, 5.41) is 16.2. The molecule has 14 rings (SSSR count). The van der Waals surface area contributed by atoms with E-state index in [1.54, 1.807) is 0 Å². The Bertz CT molecular complexity index is 3790. The van der Waals surface area contributed by atoms with Gasteiger partial charge in [0.25, 0.3) is 6.71 Å². The number of aryl methyl sites for hydroxylation is 1. The first-order valence-electron chi connectivity index (χ1n) is 21.2. The van der Waals surface area contributed by atoms with Crippen molar-refractivity contribution in [3.63, 3.8) is 0 Å². The fraction of sp³-hybridized carbons (Fsp3) is 0.0175. The van der Waals surface area contributed by atoms with Crippen LogP contribution < -0.4 is 26.4 Å². The number of fused-ring (bicyclic) bond motifs is 18. The number of hydrogen-bond acceptors (Lipinski definition) is 3. The number of rotatable bonds is 2. The van der Waals surface area contributed by atoms with Crippen LogP contribution in [0.15, 0.2) is 199 Å². The van der Waals surface area contributed by atoms with E-state index in [2.05, 4.69) is 211 Å². The van der Waals surface area contributed by atoms with Crippen molar-refractivity contribution in [3.8, 4) is 0 Å². The summed E-state index contributed by atoms with van der Waals surface area (Å²) >= 11 is 0. The molecule has 0 radical (unpaired) electrons. The fourth-order valence-corrected chi connectivity index (χ4v) is 11.2. The highest BCUT2D eigenvalue weighted by Crippen LogP contribution is 2.51. The summed E-state index contributed by atoms with van der Waals surface area (Å²) in [6.07, 6.45) is 0. The number of hydrogen-bond donors (Lipinski definition) is 0. The normalized spacial score (nSPS) is 13.2. The van der Waals surface area contributed by atoms with Gasteiger partial charge in [0, 0.05) is 33.2 Å². The topological polar surface area (TPSA) is 19.6 Å². The molecule has 2 aliphatic rings. The lowest BCUT2D eigenvalue weighted by Gasteiger charge is -2.42. The maximum Gasteiger partial charge on any atom is 0.297 e. The molecule has 3 nitrogen and oxygen atoms in total. The van der Waals surface area contributed by atoms with Gasteiger partial charge in [-0.2, -0.15) is 0 Å². The number of furan rings is 1. The maximum atomic E-state index is 7.23. The van der Waals surface area contributed by atoms with Gasteiger partial charge in [-0.15, -0.1) is 0 Å². The molecular weight excluding hydrogens is 739 g/mol. The van der Waals surface area contributed by atoms with Gasteiger partial charge in [-0.25, -0.2) is 0 Å². The zero-order valence-electron chi connectivity index (χ0n) is 33.4. The average molecular weight is 775 g/mol. The van der Waals surface area contributed by atoms with Crippen molar-refractivity contribution in [1.29, 1.82) is 0 Å². The molecule has 0 aliphatic carbocycles. The molecule has 0 atom stereocenters. The maximum absolute atomic E-state index is 7.23. The van der Waals surface area contributed by atoms with Gasteiger partial charge in [-0.05, 0) is 114 Å². The van der Waals surface area contributed by atoms with Crippen LogP contribution in [0.25, 0.3) is 75.6 Å². The van der Waals surface area contributed by atoms with Crippen LogP contribution in [0.4, 0.5) is 34.1 Å². The van der Waals surface area contributed by atoms with Gasteiger partial charge in [0.1, 0.15) is 5.58 Å². The van der Waals surface area contributed by atoms with Gasteiger partial charge in [0.05, 0.1) is 22.7 Å². The smallest absolute Gasteiger partial charge is 0.297 e. The molecule has 4 heteroatoms. The van der Waals surface area contributed by atoms with E-state index in [0.717, 1.165) is 33.7 Å². The van der Waals surface area contributed by atoms with Crippen molar-refractivity contribution in [1.82, 2.24) is 0 Å². The Morgan fingerprint density at radius 2 is 0.770 bits per heavy atom. The predicted molar refractivity (Wildman–Crippen MR) is 260 cm³/mol. The van der Waals surface area contributed by atoms with Crippen LogP contribution in [-0.2, 0) is 0 Å². The Morgan fingerprint density at radius 3 is 1.34 bits per heavy atom. The summed E-state index contributed by atoms with van der Waals surface area (Å²) in [7, 11) is 0. The van der Waals surface area contributed by atoms with Gasteiger partial charge in [0.15, 0.2) is 0 Å². The van der Waals surface area contributed by atoms with Gasteiger partial charge in [-0.3, -0.25) is 0 Å². The summed E-state index contributed by atoms with van der Waals surface area (Å²) in [6, 6.07) is 71.8. The van der Waals surface area contributed by atoms with Crippen molar-refractivity contribution < 1.29 is 4.42 Å². The highest BCUT2D eigenvalue weighted by atomic mass is 16.3. The SMILES string of the molecule is Cc1ccc2oc3c(c2c1)N(c1cccc2c4ccccc4c4ccccc4c12)c1cccc2c1B3c1ccccc1N2c1cccc2c3ccccc3c3ccccc3c12. The Labute approximate surface area is 352 Å². The molecule has 282 valence electrons. The first-order valence-corrected chi connectivity index (χ1v) is 21.2. The zero-order chi connectivity index (χ0) is 39.9. The van der Waals surface area contributed by atoms with Gasteiger partial charge >= 0.3 is 0 Å². The second-order valence-corrected chi connectivity index (χ2v) is 16.8. The van der Waals surface area contributed by atoms with Crippen LogP contribution >= 0.6 is 0 Å². The summed E-state index contributed by atoms with van der Waals surface area (Å²) < 4.78 is 7.23. The minimum Gasteiger partial charge on any atom is -0.468 e. The largest absolute Gasteiger partial charge is 0.468 e. The van der Waals surface area contributed by atoms with E-state index >= 15 is 0 Å². The molecule has 12 aromatic rings. The van der Waals surface area contributed by atoms with E-state index in [-0.39, 0.29) is 6.71 Å². The Balaban J connectivity index is 1.13. The number of anilines is 6. The third-order valence-corrected chi connectivity index (χ3v) is 13.6. The third kappa shape index (κ3) is 4.33. The van der Waals surface area contributed by atoms with Crippen LogP contribution in [0.1, 0.15) is 5.56 Å². The zero-order valence-corrected chi connectivity index (χ0v) is 33.4. The molecule has 0 unspecified atom stereocenters. The van der Waals surface area contributed by atoms with E-state index in [0.29, 0.717) is 0 Å². The molecule has 0 amide bonds. The highest BCUT2D eigenvalue weighted by molar-refractivity contribution is 7.00. The first-order chi connectivity index (χ1) is 30.2. The van der Waals surface area contributed by atoms with Gasteiger partial charge in [-0.1, -0.05) is 157 Å². The van der Waals surface area contributed by atoms with Crippen molar-refractivity contribution in [2.75, 3.05) is 9.80 Å². The molecular formula is C57H35BN2O. The van der Waals surface area contributed by atoms with E-state index in [4.69, 9.17) is 4.42 Å². The quantitative estimate of drug-likeness (QED) is 0.129. The molecule has 0 saturated heterocycles. The summed E-state index contributed by atoms with van der Waals surface area (Å²) in [5.74, 6) is 0. The standard InChI is InChI=1S/C57H35BN2O/c1-34-31-32-52-45(33-34)56-57(61-52)58-46-25-10-11-26-47(46)59(48-27-12-23-43-39-17-4-2-15-35(39)37-19-6-8-21-41(37)53(43)48)50-29-14-30-51(55(50)58)60(56)49-28-13-24-44-40-18-5-3-16-36(40)38-20-7-9-22-42(38)54(44)49/h2-33H,1H3. The Hall–Kier alpha value is -7.82. The number of benzene rings is 11. The Kier molecular flexibility index (Phi) is 6.57. The number of nitrogens with zero attached hydrogens (tertiary/aromatic N) is 2. The lowest BCUT2D eigenvalue weighted by atomic mass is 9.35. The van der Waals surface area contributed by atoms with E-state index in [1.807, 2.05) is 0 Å². The lowest BCUT2D eigenvalue weighted by Crippen LogP contribution is -2.60. The molecule has 11 aromatic carbocycles. The molecule has 0 bridgehead atoms. The molecule has 3 heterocycles. The van der Waals surface area contributed by atoms with Crippen molar-refractivity contribution in [2.45, 2.75) is 6.92 Å².